The molecule has 3 heterocycles. The highest BCUT2D eigenvalue weighted by atomic mass is 35.5. The van der Waals surface area contributed by atoms with Crippen LogP contribution in [0.3, 0.4) is 0 Å². The molecule has 0 aliphatic carbocycles. The molecule has 1 atom stereocenters. The van der Waals surface area contributed by atoms with E-state index in [0.29, 0.717) is 31.5 Å². The van der Waals surface area contributed by atoms with Crippen LogP contribution in [-0.2, 0) is 11.3 Å². The average Bonchev–Trinajstić information content (AvgIpc) is 3.18. The van der Waals surface area contributed by atoms with Gasteiger partial charge in [-0.25, -0.2) is 0 Å². The predicted molar refractivity (Wildman–Crippen MR) is 97.1 cm³/mol. The average molecular weight is 375 g/mol. The van der Waals surface area contributed by atoms with Gasteiger partial charge in [0.05, 0.1) is 6.61 Å². The van der Waals surface area contributed by atoms with Crippen LogP contribution in [0.1, 0.15) is 17.6 Å². The van der Waals surface area contributed by atoms with Gasteiger partial charge in [0.1, 0.15) is 18.5 Å². The number of morpholine rings is 1. The van der Waals surface area contributed by atoms with Gasteiger partial charge < -0.3 is 19.3 Å². The van der Waals surface area contributed by atoms with E-state index in [1.165, 1.54) is 0 Å². The predicted octanol–water partition coefficient (Wildman–Crippen LogP) is 2.79. The Morgan fingerprint density at radius 2 is 2.19 bits per heavy atom. The van der Waals surface area contributed by atoms with Crippen molar-refractivity contribution in [2.45, 2.75) is 12.7 Å². The lowest BCUT2D eigenvalue weighted by atomic mass is 10.2. The standard InChI is InChI=1S/C18H18N4O3.ClH/c1-4-14(9-15(5-1)24-12-13-3-2-6-19-10-13)17-21-18(25-22-17)16-11-20-7-8-23-16;/h1-6,9-10,16,20H,7-8,11-12H2;1H/t16-;/m1./s1. The van der Waals surface area contributed by atoms with E-state index in [-0.39, 0.29) is 18.5 Å². The third kappa shape index (κ3) is 4.37. The normalized spacial score (nSPS) is 16.7. The van der Waals surface area contributed by atoms with Gasteiger partial charge in [-0.15, -0.1) is 12.4 Å². The van der Waals surface area contributed by atoms with E-state index >= 15 is 0 Å². The van der Waals surface area contributed by atoms with E-state index in [0.717, 1.165) is 23.4 Å². The summed E-state index contributed by atoms with van der Waals surface area (Å²) < 4.78 is 16.8. The number of aromatic nitrogens is 3. The first-order valence-electron chi connectivity index (χ1n) is 8.16. The van der Waals surface area contributed by atoms with Crippen LogP contribution < -0.4 is 10.1 Å². The third-order valence-electron chi connectivity index (χ3n) is 3.87. The lowest BCUT2D eigenvalue weighted by molar-refractivity contribution is 0.00755. The molecule has 0 spiro atoms. The number of rotatable bonds is 5. The Morgan fingerprint density at radius 3 is 3.00 bits per heavy atom. The lowest BCUT2D eigenvalue weighted by Crippen LogP contribution is -2.33. The number of nitrogens with zero attached hydrogens (tertiary/aromatic N) is 3. The van der Waals surface area contributed by atoms with Gasteiger partial charge >= 0.3 is 0 Å². The SMILES string of the molecule is Cl.c1cncc(COc2cccc(-c3noc([C@H]4CNCCO4)n3)c2)c1. The highest BCUT2D eigenvalue weighted by molar-refractivity contribution is 5.85. The molecule has 4 rings (SSSR count). The van der Waals surface area contributed by atoms with E-state index in [1.807, 2.05) is 36.4 Å². The molecule has 1 aliphatic heterocycles. The van der Waals surface area contributed by atoms with Crippen molar-refractivity contribution < 1.29 is 14.0 Å². The first kappa shape index (κ1) is 18.3. The minimum Gasteiger partial charge on any atom is -0.489 e. The first-order valence-corrected chi connectivity index (χ1v) is 8.16. The van der Waals surface area contributed by atoms with Crippen LogP contribution in [0.5, 0.6) is 5.75 Å². The van der Waals surface area contributed by atoms with Crippen LogP contribution in [-0.4, -0.2) is 34.8 Å². The molecule has 0 bridgehead atoms. The molecule has 0 unspecified atom stereocenters. The van der Waals surface area contributed by atoms with Crippen molar-refractivity contribution in [1.29, 1.82) is 0 Å². The Morgan fingerprint density at radius 1 is 1.23 bits per heavy atom. The highest BCUT2D eigenvalue weighted by Gasteiger charge is 2.22. The number of benzene rings is 1. The zero-order chi connectivity index (χ0) is 16.9. The van der Waals surface area contributed by atoms with Gasteiger partial charge in [-0.1, -0.05) is 23.4 Å². The highest BCUT2D eigenvalue weighted by Crippen LogP contribution is 2.24. The van der Waals surface area contributed by atoms with Crippen LogP contribution in [0.15, 0.2) is 53.3 Å². The third-order valence-corrected chi connectivity index (χ3v) is 3.87. The summed E-state index contributed by atoms with van der Waals surface area (Å²) in [5, 5.41) is 7.31. The molecule has 2 aromatic heterocycles. The Hall–Kier alpha value is -2.48. The van der Waals surface area contributed by atoms with Gasteiger partial charge in [0.15, 0.2) is 0 Å². The van der Waals surface area contributed by atoms with Crippen molar-refractivity contribution in [3.05, 3.63) is 60.2 Å². The van der Waals surface area contributed by atoms with E-state index in [1.54, 1.807) is 12.4 Å². The largest absolute Gasteiger partial charge is 0.489 e. The summed E-state index contributed by atoms with van der Waals surface area (Å²) in [7, 11) is 0. The summed E-state index contributed by atoms with van der Waals surface area (Å²) in [5.74, 6) is 1.75. The molecular formula is C18H19ClN4O3. The maximum absolute atomic E-state index is 5.82. The molecule has 0 radical (unpaired) electrons. The summed E-state index contributed by atoms with van der Waals surface area (Å²) in [6, 6.07) is 11.5. The number of halogens is 1. The fraction of sp³-hybridized carbons (Fsp3) is 0.278. The Balaban J connectivity index is 0.00000196. The molecule has 26 heavy (non-hydrogen) atoms. The van der Waals surface area contributed by atoms with Crippen molar-refractivity contribution in [3.63, 3.8) is 0 Å². The summed E-state index contributed by atoms with van der Waals surface area (Å²) in [5.41, 5.74) is 1.85. The van der Waals surface area contributed by atoms with Crippen molar-refractivity contribution in [2.24, 2.45) is 0 Å². The second kappa shape index (κ2) is 8.75. The molecule has 136 valence electrons. The Bertz CT molecular complexity index is 822. The molecule has 1 aromatic carbocycles. The van der Waals surface area contributed by atoms with Crippen molar-refractivity contribution in [1.82, 2.24) is 20.4 Å². The van der Waals surface area contributed by atoms with Crippen LogP contribution in [0, 0.1) is 0 Å². The summed E-state index contributed by atoms with van der Waals surface area (Å²) >= 11 is 0. The zero-order valence-corrected chi connectivity index (χ0v) is 14.8. The summed E-state index contributed by atoms with van der Waals surface area (Å²) in [4.78, 5) is 8.54. The van der Waals surface area contributed by atoms with Gasteiger partial charge in [-0.2, -0.15) is 4.98 Å². The summed E-state index contributed by atoms with van der Waals surface area (Å²) in [6.07, 6.45) is 3.33. The van der Waals surface area contributed by atoms with E-state index in [4.69, 9.17) is 14.0 Å². The minimum atomic E-state index is -0.194. The quantitative estimate of drug-likeness (QED) is 0.735. The number of pyridine rings is 1. The van der Waals surface area contributed by atoms with E-state index in [9.17, 15) is 0 Å². The molecule has 1 aliphatic rings. The van der Waals surface area contributed by atoms with Crippen molar-refractivity contribution in [2.75, 3.05) is 19.7 Å². The Labute approximate surface area is 157 Å². The monoisotopic (exact) mass is 374 g/mol. The molecule has 3 aromatic rings. The lowest BCUT2D eigenvalue weighted by Gasteiger charge is -2.19. The second-order valence-corrected chi connectivity index (χ2v) is 5.70. The fourth-order valence-corrected chi connectivity index (χ4v) is 2.58. The van der Waals surface area contributed by atoms with Gasteiger partial charge in [0.2, 0.25) is 5.82 Å². The molecule has 1 N–H and O–H groups in total. The number of ether oxygens (including phenoxy) is 2. The molecule has 1 saturated heterocycles. The molecule has 8 heteroatoms. The van der Waals surface area contributed by atoms with Gasteiger partial charge in [-0.05, 0) is 18.2 Å². The maximum atomic E-state index is 5.82. The van der Waals surface area contributed by atoms with Crippen LogP contribution in [0.25, 0.3) is 11.4 Å². The van der Waals surface area contributed by atoms with Gasteiger partial charge in [0, 0.05) is 36.6 Å². The minimum absolute atomic E-state index is 0. The van der Waals surface area contributed by atoms with E-state index in [2.05, 4.69) is 20.4 Å². The van der Waals surface area contributed by atoms with E-state index < -0.39 is 0 Å². The number of hydrogen-bond acceptors (Lipinski definition) is 7. The van der Waals surface area contributed by atoms with Crippen LogP contribution in [0.2, 0.25) is 0 Å². The molecule has 7 nitrogen and oxygen atoms in total. The topological polar surface area (TPSA) is 82.3 Å². The smallest absolute Gasteiger partial charge is 0.257 e. The zero-order valence-electron chi connectivity index (χ0n) is 14.0. The van der Waals surface area contributed by atoms with Crippen LogP contribution >= 0.6 is 12.4 Å². The molecule has 0 saturated carbocycles. The summed E-state index contributed by atoms with van der Waals surface area (Å²) in [6.45, 7) is 2.61. The van der Waals surface area contributed by atoms with Crippen molar-refractivity contribution in [3.8, 4) is 17.1 Å². The number of hydrogen-bond donors (Lipinski definition) is 1. The Kier molecular flexibility index (Phi) is 6.17. The van der Waals surface area contributed by atoms with Crippen LogP contribution in [0.4, 0.5) is 0 Å². The van der Waals surface area contributed by atoms with Gasteiger partial charge in [-0.3, -0.25) is 4.98 Å². The number of nitrogens with one attached hydrogen (secondary N) is 1. The molecular weight excluding hydrogens is 356 g/mol. The fourth-order valence-electron chi connectivity index (χ4n) is 2.58. The first-order chi connectivity index (χ1) is 12.4. The molecule has 0 amide bonds. The maximum Gasteiger partial charge on any atom is 0.257 e. The second-order valence-electron chi connectivity index (χ2n) is 5.70. The van der Waals surface area contributed by atoms with Crippen molar-refractivity contribution >= 4 is 12.4 Å². The molecule has 1 fully saturated rings. The van der Waals surface area contributed by atoms with Gasteiger partial charge in [0.25, 0.3) is 5.89 Å².